The van der Waals surface area contributed by atoms with E-state index in [1.807, 2.05) is 0 Å². The third-order valence-corrected chi connectivity index (χ3v) is 4.42. The molecule has 4 amide bonds. The Morgan fingerprint density at radius 2 is 2.09 bits per heavy atom. The van der Waals surface area contributed by atoms with Crippen LogP contribution in [0.1, 0.15) is 16.6 Å². The van der Waals surface area contributed by atoms with Gasteiger partial charge in [-0.1, -0.05) is 6.07 Å². The molecule has 23 heavy (non-hydrogen) atoms. The van der Waals surface area contributed by atoms with Gasteiger partial charge in [-0.2, -0.15) is 0 Å². The van der Waals surface area contributed by atoms with Gasteiger partial charge in [0.15, 0.2) is 0 Å². The molecule has 0 spiro atoms. The van der Waals surface area contributed by atoms with Crippen LogP contribution in [-0.2, 0) is 14.4 Å². The number of nitrogens with one attached hydrogen (secondary N) is 1. The Balaban J connectivity index is 2.17. The summed E-state index contributed by atoms with van der Waals surface area (Å²) in [6, 6.07) is 2.59. The van der Waals surface area contributed by atoms with E-state index in [1.165, 1.54) is 28.1 Å². The van der Waals surface area contributed by atoms with Crippen LogP contribution in [0.2, 0.25) is 0 Å². The number of carbonyl (C=O) groups is 4. The molecule has 0 radical (unpaired) electrons. The van der Waals surface area contributed by atoms with Crippen molar-refractivity contribution in [2.24, 2.45) is 5.73 Å². The first-order valence-corrected chi connectivity index (χ1v) is 7.94. The Bertz CT molecular complexity index is 616. The lowest BCUT2D eigenvalue weighted by Crippen LogP contribution is -2.61. The molecule has 8 nitrogen and oxygen atoms in total. The SMILES string of the molecule is CC(=O)N1CCN(C(=O)c2cccs2)C(C(=O)NCC(N)=O)C1. The van der Waals surface area contributed by atoms with Crippen molar-refractivity contribution in [2.75, 3.05) is 26.2 Å². The monoisotopic (exact) mass is 338 g/mol. The largest absolute Gasteiger partial charge is 0.368 e. The summed E-state index contributed by atoms with van der Waals surface area (Å²) in [6.45, 7) is 1.82. The van der Waals surface area contributed by atoms with Crippen LogP contribution in [0.15, 0.2) is 17.5 Å². The summed E-state index contributed by atoms with van der Waals surface area (Å²) in [5.74, 6) is -1.60. The predicted molar refractivity (Wildman–Crippen MR) is 83.6 cm³/mol. The standard InChI is InChI=1S/C14H18N4O4S/c1-9(19)17-4-5-18(14(22)11-3-2-6-23-11)10(8-17)13(21)16-7-12(15)20/h2-3,6,10H,4-5,7-8H2,1H3,(H2,15,20)(H,16,21). The second-order valence-corrected chi connectivity index (χ2v) is 6.09. The highest BCUT2D eigenvalue weighted by Crippen LogP contribution is 2.18. The molecule has 1 atom stereocenters. The first-order chi connectivity index (χ1) is 10.9. The maximum absolute atomic E-state index is 12.6. The topological polar surface area (TPSA) is 113 Å². The maximum Gasteiger partial charge on any atom is 0.264 e. The maximum atomic E-state index is 12.6. The van der Waals surface area contributed by atoms with E-state index in [0.717, 1.165) is 0 Å². The van der Waals surface area contributed by atoms with Gasteiger partial charge in [0.1, 0.15) is 6.04 Å². The van der Waals surface area contributed by atoms with Crippen LogP contribution in [-0.4, -0.2) is 65.6 Å². The smallest absolute Gasteiger partial charge is 0.264 e. The van der Waals surface area contributed by atoms with Crippen LogP contribution in [0.3, 0.4) is 0 Å². The number of hydrogen-bond donors (Lipinski definition) is 2. The lowest BCUT2D eigenvalue weighted by Gasteiger charge is -2.40. The van der Waals surface area contributed by atoms with E-state index >= 15 is 0 Å². The van der Waals surface area contributed by atoms with Crippen LogP contribution in [0.25, 0.3) is 0 Å². The molecule has 1 aromatic rings. The summed E-state index contributed by atoms with van der Waals surface area (Å²) >= 11 is 1.29. The average Bonchev–Trinajstić information content (AvgIpc) is 3.05. The number of primary amides is 1. The van der Waals surface area contributed by atoms with Crippen molar-refractivity contribution in [1.82, 2.24) is 15.1 Å². The number of carbonyl (C=O) groups excluding carboxylic acids is 4. The molecule has 3 N–H and O–H groups in total. The minimum Gasteiger partial charge on any atom is -0.368 e. The molecule has 0 aromatic carbocycles. The number of thiophene rings is 1. The van der Waals surface area contributed by atoms with Gasteiger partial charge in [0.25, 0.3) is 5.91 Å². The van der Waals surface area contributed by atoms with E-state index in [0.29, 0.717) is 11.4 Å². The van der Waals surface area contributed by atoms with Crippen LogP contribution in [0.4, 0.5) is 0 Å². The first kappa shape index (κ1) is 16.9. The highest BCUT2D eigenvalue weighted by atomic mass is 32.1. The first-order valence-electron chi connectivity index (χ1n) is 7.06. The third-order valence-electron chi connectivity index (χ3n) is 3.56. The van der Waals surface area contributed by atoms with E-state index in [-0.39, 0.29) is 31.4 Å². The van der Waals surface area contributed by atoms with Gasteiger partial charge in [-0.25, -0.2) is 0 Å². The molecular formula is C14H18N4O4S. The molecule has 124 valence electrons. The van der Waals surface area contributed by atoms with E-state index in [1.54, 1.807) is 17.5 Å². The van der Waals surface area contributed by atoms with E-state index in [4.69, 9.17) is 5.73 Å². The number of amides is 4. The second-order valence-electron chi connectivity index (χ2n) is 5.14. The number of hydrogen-bond acceptors (Lipinski definition) is 5. The molecule has 1 aliphatic rings. The molecule has 0 bridgehead atoms. The van der Waals surface area contributed by atoms with Crippen molar-refractivity contribution < 1.29 is 19.2 Å². The summed E-state index contributed by atoms with van der Waals surface area (Å²) in [7, 11) is 0. The average molecular weight is 338 g/mol. The summed E-state index contributed by atoms with van der Waals surface area (Å²) < 4.78 is 0. The summed E-state index contributed by atoms with van der Waals surface area (Å²) in [6.07, 6.45) is 0. The van der Waals surface area contributed by atoms with Gasteiger partial charge in [0, 0.05) is 20.0 Å². The molecule has 1 aliphatic heterocycles. The fraction of sp³-hybridized carbons (Fsp3) is 0.429. The minimum atomic E-state index is -0.846. The second kappa shape index (κ2) is 7.23. The summed E-state index contributed by atoms with van der Waals surface area (Å²) in [4.78, 5) is 50.7. The lowest BCUT2D eigenvalue weighted by molar-refractivity contribution is -0.136. The molecule has 0 aliphatic carbocycles. The van der Waals surface area contributed by atoms with E-state index < -0.39 is 17.9 Å². The number of nitrogens with zero attached hydrogens (tertiary/aromatic N) is 2. The quantitative estimate of drug-likeness (QED) is 0.735. The van der Waals surface area contributed by atoms with Gasteiger partial charge < -0.3 is 20.9 Å². The number of piperazine rings is 1. The number of nitrogens with two attached hydrogens (primary N) is 1. The molecule has 1 fully saturated rings. The van der Waals surface area contributed by atoms with Crippen molar-refractivity contribution in [3.63, 3.8) is 0 Å². The van der Waals surface area contributed by atoms with Crippen LogP contribution < -0.4 is 11.1 Å². The highest BCUT2D eigenvalue weighted by molar-refractivity contribution is 7.12. The molecule has 2 rings (SSSR count). The van der Waals surface area contributed by atoms with E-state index in [9.17, 15) is 19.2 Å². The molecule has 2 heterocycles. The third kappa shape index (κ3) is 4.07. The van der Waals surface area contributed by atoms with Crippen LogP contribution >= 0.6 is 11.3 Å². The Labute approximate surface area is 137 Å². The molecule has 1 saturated heterocycles. The van der Waals surface area contributed by atoms with Crippen LogP contribution in [0, 0.1) is 0 Å². The fourth-order valence-electron chi connectivity index (χ4n) is 2.37. The Morgan fingerprint density at radius 1 is 1.35 bits per heavy atom. The number of rotatable bonds is 4. The zero-order valence-corrected chi connectivity index (χ0v) is 13.5. The fourth-order valence-corrected chi connectivity index (χ4v) is 3.05. The zero-order chi connectivity index (χ0) is 17.0. The van der Waals surface area contributed by atoms with Crippen molar-refractivity contribution in [1.29, 1.82) is 0 Å². The Hall–Kier alpha value is -2.42. The van der Waals surface area contributed by atoms with Gasteiger partial charge in [-0.15, -0.1) is 11.3 Å². The van der Waals surface area contributed by atoms with Gasteiger partial charge in [-0.05, 0) is 11.4 Å². The van der Waals surface area contributed by atoms with Gasteiger partial charge in [0.05, 0.1) is 18.0 Å². The summed E-state index contributed by atoms with van der Waals surface area (Å²) in [5.41, 5.74) is 5.02. The molecule has 0 saturated carbocycles. The van der Waals surface area contributed by atoms with Crippen molar-refractivity contribution in [3.8, 4) is 0 Å². The van der Waals surface area contributed by atoms with E-state index in [2.05, 4.69) is 5.32 Å². The molecular weight excluding hydrogens is 320 g/mol. The lowest BCUT2D eigenvalue weighted by atomic mass is 10.1. The van der Waals surface area contributed by atoms with Crippen molar-refractivity contribution >= 4 is 35.0 Å². The highest BCUT2D eigenvalue weighted by Gasteiger charge is 2.36. The predicted octanol–water partition coefficient (Wildman–Crippen LogP) is -0.977. The van der Waals surface area contributed by atoms with Gasteiger partial charge in [0.2, 0.25) is 17.7 Å². The molecule has 9 heteroatoms. The minimum absolute atomic E-state index is 0.0943. The molecule has 1 aromatic heterocycles. The van der Waals surface area contributed by atoms with Gasteiger partial charge >= 0.3 is 0 Å². The normalized spacial score (nSPS) is 17.7. The van der Waals surface area contributed by atoms with Crippen LogP contribution in [0.5, 0.6) is 0 Å². The van der Waals surface area contributed by atoms with Crippen molar-refractivity contribution in [2.45, 2.75) is 13.0 Å². The Morgan fingerprint density at radius 3 is 2.65 bits per heavy atom. The molecule has 1 unspecified atom stereocenters. The Kier molecular flexibility index (Phi) is 5.32. The van der Waals surface area contributed by atoms with Crippen molar-refractivity contribution in [3.05, 3.63) is 22.4 Å². The van der Waals surface area contributed by atoms with Gasteiger partial charge in [-0.3, -0.25) is 19.2 Å². The zero-order valence-electron chi connectivity index (χ0n) is 12.7. The summed E-state index contributed by atoms with van der Waals surface area (Å²) in [5, 5.41) is 4.18.